The van der Waals surface area contributed by atoms with Gasteiger partial charge in [0.25, 0.3) is 0 Å². The Morgan fingerprint density at radius 3 is 2.71 bits per heavy atom. The van der Waals surface area contributed by atoms with Crippen LogP contribution in [0.15, 0.2) is 48.1 Å². The summed E-state index contributed by atoms with van der Waals surface area (Å²) in [4.78, 5) is 29.8. The smallest absolute Gasteiger partial charge is 0.228 e. The predicted octanol–water partition coefficient (Wildman–Crippen LogP) is 3.22. The van der Waals surface area contributed by atoms with Crippen LogP contribution in [0.2, 0.25) is 5.02 Å². The SMILES string of the molecule is O=C(Cc1csc(Nc2ccc(Cl)cn2)n1)N1CCN(c2ccccn2)CC1. The number of hydrogen-bond acceptors (Lipinski definition) is 7. The number of nitrogens with one attached hydrogen (secondary N) is 1. The number of anilines is 3. The van der Waals surface area contributed by atoms with Gasteiger partial charge in [-0.15, -0.1) is 11.3 Å². The number of aromatic nitrogens is 3. The van der Waals surface area contributed by atoms with E-state index in [4.69, 9.17) is 11.6 Å². The van der Waals surface area contributed by atoms with Gasteiger partial charge >= 0.3 is 0 Å². The molecule has 0 radical (unpaired) electrons. The van der Waals surface area contributed by atoms with Gasteiger partial charge in [0.2, 0.25) is 5.91 Å². The lowest BCUT2D eigenvalue weighted by Gasteiger charge is -2.35. The van der Waals surface area contributed by atoms with Gasteiger partial charge in [-0.2, -0.15) is 0 Å². The highest BCUT2D eigenvalue weighted by Crippen LogP contribution is 2.21. The van der Waals surface area contributed by atoms with Gasteiger partial charge in [-0.1, -0.05) is 17.7 Å². The summed E-state index contributed by atoms with van der Waals surface area (Å²) in [5, 5.41) is 6.32. The van der Waals surface area contributed by atoms with E-state index in [0.29, 0.717) is 35.5 Å². The molecule has 0 aromatic carbocycles. The summed E-state index contributed by atoms with van der Waals surface area (Å²) in [6.45, 7) is 2.96. The summed E-state index contributed by atoms with van der Waals surface area (Å²) < 4.78 is 0. The number of amides is 1. The summed E-state index contributed by atoms with van der Waals surface area (Å²) in [5.74, 6) is 1.73. The highest BCUT2D eigenvalue weighted by molar-refractivity contribution is 7.13. The second-order valence-corrected chi connectivity index (χ2v) is 7.66. The minimum absolute atomic E-state index is 0.0992. The molecule has 1 fully saturated rings. The third kappa shape index (κ3) is 4.58. The fourth-order valence-electron chi connectivity index (χ4n) is 3.00. The average Bonchev–Trinajstić information content (AvgIpc) is 3.17. The molecule has 28 heavy (non-hydrogen) atoms. The quantitative estimate of drug-likeness (QED) is 0.691. The van der Waals surface area contributed by atoms with Crippen LogP contribution >= 0.6 is 22.9 Å². The second-order valence-electron chi connectivity index (χ2n) is 6.36. The Morgan fingerprint density at radius 2 is 2.00 bits per heavy atom. The first-order valence-corrected chi connectivity index (χ1v) is 10.2. The van der Waals surface area contributed by atoms with Crippen LogP contribution in [0.25, 0.3) is 0 Å². The molecule has 3 aromatic rings. The minimum Gasteiger partial charge on any atom is -0.353 e. The molecule has 0 aliphatic carbocycles. The van der Waals surface area contributed by atoms with E-state index in [-0.39, 0.29) is 5.91 Å². The van der Waals surface area contributed by atoms with Crippen LogP contribution in [0, 0.1) is 0 Å². The zero-order chi connectivity index (χ0) is 19.3. The Balaban J connectivity index is 1.30. The zero-order valence-corrected chi connectivity index (χ0v) is 16.7. The number of halogens is 1. The normalized spacial score (nSPS) is 14.2. The molecule has 0 unspecified atom stereocenters. The van der Waals surface area contributed by atoms with E-state index < -0.39 is 0 Å². The van der Waals surface area contributed by atoms with E-state index in [2.05, 4.69) is 25.2 Å². The van der Waals surface area contributed by atoms with Crippen LogP contribution in [0.4, 0.5) is 16.8 Å². The zero-order valence-electron chi connectivity index (χ0n) is 15.1. The summed E-state index contributed by atoms with van der Waals surface area (Å²) in [6.07, 6.45) is 3.67. The maximum atomic E-state index is 12.6. The average molecular weight is 415 g/mol. The first kappa shape index (κ1) is 18.6. The molecule has 0 bridgehead atoms. The van der Waals surface area contributed by atoms with Gasteiger partial charge in [-0.05, 0) is 24.3 Å². The van der Waals surface area contributed by atoms with Crippen molar-refractivity contribution in [2.24, 2.45) is 0 Å². The van der Waals surface area contributed by atoms with Gasteiger partial charge in [0.15, 0.2) is 5.13 Å². The Hall–Kier alpha value is -2.71. The molecule has 4 rings (SSSR count). The maximum absolute atomic E-state index is 12.6. The number of thiazole rings is 1. The standard InChI is InChI=1S/C19H19ClN6OS/c20-14-4-5-16(22-12-14)24-19-23-15(13-28-19)11-18(27)26-9-7-25(8-10-26)17-3-1-2-6-21-17/h1-6,12-13H,7-11H2,(H,22,23,24). The molecule has 1 amide bonds. The molecular weight excluding hydrogens is 396 g/mol. The first-order chi connectivity index (χ1) is 13.7. The molecule has 1 aliphatic heterocycles. The molecule has 0 spiro atoms. The Morgan fingerprint density at radius 1 is 1.14 bits per heavy atom. The lowest BCUT2D eigenvalue weighted by atomic mass is 10.2. The Kier molecular flexibility index (Phi) is 5.68. The van der Waals surface area contributed by atoms with Crippen molar-refractivity contribution < 1.29 is 4.79 Å². The van der Waals surface area contributed by atoms with Crippen molar-refractivity contribution in [1.29, 1.82) is 0 Å². The van der Waals surface area contributed by atoms with Gasteiger partial charge in [0.05, 0.1) is 17.1 Å². The van der Waals surface area contributed by atoms with Crippen molar-refractivity contribution in [2.75, 3.05) is 36.4 Å². The van der Waals surface area contributed by atoms with E-state index in [9.17, 15) is 4.79 Å². The van der Waals surface area contributed by atoms with Gasteiger partial charge in [0.1, 0.15) is 11.6 Å². The van der Waals surface area contributed by atoms with Gasteiger partial charge in [-0.25, -0.2) is 15.0 Å². The minimum atomic E-state index is 0.0992. The molecule has 0 saturated carbocycles. The molecule has 1 saturated heterocycles. The van der Waals surface area contributed by atoms with E-state index >= 15 is 0 Å². The van der Waals surface area contributed by atoms with E-state index in [0.717, 1.165) is 24.6 Å². The number of carbonyl (C=O) groups excluding carboxylic acids is 1. The topological polar surface area (TPSA) is 74.2 Å². The second kappa shape index (κ2) is 8.53. The summed E-state index contributed by atoms with van der Waals surface area (Å²) in [5.41, 5.74) is 0.763. The van der Waals surface area contributed by atoms with Crippen molar-refractivity contribution in [3.63, 3.8) is 0 Å². The highest BCUT2D eigenvalue weighted by Gasteiger charge is 2.22. The maximum Gasteiger partial charge on any atom is 0.228 e. The lowest BCUT2D eigenvalue weighted by Crippen LogP contribution is -2.49. The Bertz CT molecular complexity index is 925. The van der Waals surface area contributed by atoms with Crippen LogP contribution in [-0.2, 0) is 11.2 Å². The molecule has 144 valence electrons. The fourth-order valence-corrected chi connectivity index (χ4v) is 3.83. The van der Waals surface area contributed by atoms with E-state index in [1.54, 1.807) is 24.5 Å². The molecule has 9 heteroatoms. The summed E-state index contributed by atoms with van der Waals surface area (Å²) in [7, 11) is 0. The van der Waals surface area contributed by atoms with E-state index in [1.165, 1.54) is 11.3 Å². The lowest BCUT2D eigenvalue weighted by molar-refractivity contribution is -0.130. The van der Waals surface area contributed by atoms with Crippen molar-refractivity contribution in [3.8, 4) is 0 Å². The van der Waals surface area contributed by atoms with E-state index in [1.807, 2.05) is 28.5 Å². The molecule has 3 aromatic heterocycles. The predicted molar refractivity (Wildman–Crippen MR) is 111 cm³/mol. The van der Waals surface area contributed by atoms with Crippen molar-refractivity contribution >= 4 is 45.6 Å². The van der Waals surface area contributed by atoms with Crippen molar-refractivity contribution in [3.05, 3.63) is 58.8 Å². The Labute approximate surface area is 172 Å². The number of hydrogen-bond donors (Lipinski definition) is 1. The van der Waals surface area contributed by atoms with Crippen LogP contribution < -0.4 is 10.2 Å². The number of piperazine rings is 1. The summed E-state index contributed by atoms with van der Waals surface area (Å²) in [6, 6.07) is 9.43. The molecule has 1 aliphatic rings. The largest absolute Gasteiger partial charge is 0.353 e. The van der Waals surface area contributed by atoms with Crippen LogP contribution in [-0.4, -0.2) is 51.9 Å². The molecule has 7 nitrogen and oxygen atoms in total. The van der Waals surface area contributed by atoms with Gasteiger partial charge < -0.3 is 15.1 Å². The van der Waals surface area contributed by atoms with Gasteiger partial charge in [-0.3, -0.25) is 4.79 Å². The molecule has 4 heterocycles. The highest BCUT2D eigenvalue weighted by atomic mass is 35.5. The van der Waals surface area contributed by atoms with Crippen LogP contribution in [0.3, 0.4) is 0 Å². The monoisotopic (exact) mass is 414 g/mol. The molecule has 1 N–H and O–H groups in total. The number of rotatable bonds is 5. The van der Waals surface area contributed by atoms with Gasteiger partial charge in [0, 0.05) is 44.0 Å². The molecule has 0 atom stereocenters. The van der Waals surface area contributed by atoms with Crippen molar-refractivity contribution in [2.45, 2.75) is 6.42 Å². The number of carbonyl (C=O) groups is 1. The summed E-state index contributed by atoms with van der Waals surface area (Å²) >= 11 is 7.29. The number of nitrogens with zero attached hydrogens (tertiary/aromatic N) is 5. The van der Waals surface area contributed by atoms with Crippen LogP contribution in [0.5, 0.6) is 0 Å². The number of pyridine rings is 2. The third-order valence-electron chi connectivity index (χ3n) is 4.45. The fraction of sp³-hybridized carbons (Fsp3) is 0.263. The third-order valence-corrected chi connectivity index (χ3v) is 5.48. The molecular formula is C19H19ClN6OS. The van der Waals surface area contributed by atoms with Crippen LogP contribution in [0.1, 0.15) is 5.69 Å². The van der Waals surface area contributed by atoms with Crippen molar-refractivity contribution in [1.82, 2.24) is 19.9 Å². The first-order valence-electron chi connectivity index (χ1n) is 8.94.